The molecule has 23 heavy (non-hydrogen) atoms. The lowest BCUT2D eigenvalue weighted by molar-refractivity contribution is 0.158. The number of aromatic nitrogens is 2. The quantitative estimate of drug-likeness (QED) is 0.641. The molecule has 2 heterocycles. The Morgan fingerprint density at radius 2 is 1.91 bits per heavy atom. The van der Waals surface area contributed by atoms with E-state index >= 15 is 0 Å². The predicted octanol–water partition coefficient (Wildman–Crippen LogP) is 0.418. The van der Waals surface area contributed by atoms with Gasteiger partial charge in [0.05, 0.1) is 12.3 Å². The van der Waals surface area contributed by atoms with E-state index in [0.29, 0.717) is 18.4 Å². The highest BCUT2D eigenvalue weighted by Gasteiger charge is 2.26. The summed E-state index contributed by atoms with van der Waals surface area (Å²) in [5.41, 5.74) is 1.11. The van der Waals surface area contributed by atoms with Crippen LogP contribution in [0.25, 0.3) is 0 Å². The van der Waals surface area contributed by atoms with Crippen molar-refractivity contribution in [3.05, 3.63) is 11.8 Å². The molecule has 0 atom stereocenters. The van der Waals surface area contributed by atoms with Gasteiger partial charge < -0.3 is 20.6 Å². The Hall–Kier alpha value is -1.44. The number of aliphatic hydroxyl groups excluding tert-OH is 1. The van der Waals surface area contributed by atoms with Crippen LogP contribution in [0.3, 0.4) is 0 Å². The minimum atomic E-state index is 0.0865. The van der Waals surface area contributed by atoms with Crippen LogP contribution in [0, 0.1) is 0 Å². The van der Waals surface area contributed by atoms with Gasteiger partial charge in [-0.25, -0.2) is 4.98 Å². The lowest BCUT2D eigenvalue weighted by Gasteiger charge is -2.32. The van der Waals surface area contributed by atoms with Crippen molar-refractivity contribution in [2.75, 3.05) is 70.1 Å². The van der Waals surface area contributed by atoms with Crippen LogP contribution in [0.1, 0.15) is 24.5 Å². The first-order valence-corrected chi connectivity index (χ1v) is 8.63. The second kappa shape index (κ2) is 7.90. The third-order valence-corrected chi connectivity index (χ3v) is 4.47. The highest BCUT2D eigenvalue weighted by atomic mass is 16.3. The molecule has 0 radical (unpaired) electrons. The summed E-state index contributed by atoms with van der Waals surface area (Å²) in [5, 5.41) is 15.5. The van der Waals surface area contributed by atoms with Crippen LogP contribution < -0.4 is 10.6 Å². The summed E-state index contributed by atoms with van der Waals surface area (Å²) < 4.78 is 0. The number of hydrogen-bond acceptors (Lipinski definition) is 7. The summed E-state index contributed by atoms with van der Waals surface area (Å²) in [4.78, 5) is 13.9. The fourth-order valence-corrected chi connectivity index (χ4v) is 2.81. The number of piperazine rings is 1. The Balaban J connectivity index is 1.52. The molecule has 0 amide bonds. The number of nitrogens with zero attached hydrogens (tertiary/aromatic N) is 4. The SMILES string of the molecule is CN1CCN(CCNc2cc(C3CC3)nc(NCCO)n2)CC1. The number of hydrogen-bond donors (Lipinski definition) is 3. The molecule has 3 rings (SSSR count). The number of anilines is 2. The summed E-state index contributed by atoms with van der Waals surface area (Å²) >= 11 is 0. The third kappa shape index (κ3) is 5.02. The van der Waals surface area contributed by atoms with Crippen LogP contribution in [-0.2, 0) is 0 Å². The van der Waals surface area contributed by atoms with E-state index in [0.717, 1.165) is 50.8 Å². The molecule has 2 aliphatic rings. The summed E-state index contributed by atoms with van der Waals surface area (Å²) in [7, 11) is 2.18. The Morgan fingerprint density at radius 1 is 1.13 bits per heavy atom. The maximum atomic E-state index is 8.95. The normalized spacial score (nSPS) is 19.7. The number of rotatable bonds is 8. The monoisotopic (exact) mass is 320 g/mol. The average Bonchev–Trinajstić information content (AvgIpc) is 3.40. The number of nitrogens with one attached hydrogen (secondary N) is 2. The zero-order valence-electron chi connectivity index (χ0n) is 14.0. The van der Waals surface area contributed by atoms with Crippen molar-refractivity contribution in [2.24, 2.45) is 0 Å². The van der Waals surface area contributed by atoms with Crippen LogP contribution in [0.4, 0.5) is 11.8 Å². The molecule has 1 aliphatic carbocycles. The predicted molar refractivity (Wildman–Crippen MR) is 92.0 cm³/mol. The first kappa shape index (κ1) is 16.4. The molecular formula is C16H28N6O. The van der Waals surface area contributed by atoms with Gasteiger partial charge in [0.25, 0.3) is 0 Å². The van der Waals surface area contributed by atoms with Crippen LogP contribution in [0.15, 0.2) is 6.07 Å². The topological polar surface area (TPSA) is 76.5 Å². The van der Waals surface area contributed by atoms with Gasteiger partial charge in [-0.05, 0) is 19.9 Å². The highest BCUT2D eigenvalue weighted by Crippen LogP contribution is 2.39. The van der Waals surface area contributed by atoms with E-state index in [9.17, 15) is 0 Å². The van der Waals surface area contributed by atoms with E-state index in [1.165, 1.54) is 12.8 Å². The molecule has 0 unspecified atom stereocenters. The Labute approximate surface area is 138 Å². The zero-order valence-corrected chi connectivity index (χ0v) is 14.0. The van der Waals surface area contributed by atoms with E-state index in [4.69, 9.17) is 5.11 Å². The van der Waals surface area contributed by atoms with Gasteiger partial charge in [0, 0.05) is 57.8 Å². The van der Waals surface area contributed by atoms with Crippen molar-refractivity contribution in [1.29, 1.82) is 0 Å². The minimum Gasteiger partial charge on any atom is -0.395 e. The Bertz CT molecular complexity index is 499. The first-order valence-electron chi connectivity index (χ1n) is 8.63. The molecule has 1 aromatic rings. The second-order valence-corrected chi connectivity index (χ2v) is 6.50. The van der Waals surface area contributed by atoms with E-state index in [-0.39, 0.29) is 6.61 Å². The fraction of sp³-hybridized carbons (Fsp3) is 0.750. The van der Waals surface area contributed by atoms with E-state index in [1.807, 2.05) is 0 Å². The van der Waals surface area contributed by atoms with Crippen LogP contribution in [0.5, 0.6) is 0 Å². The van der Waals surface area contributed by atoms with Gasteiger partial charge in [-0.1, -0.05) is 0 Å². The van der Waals surface area contributed by atoms with Gasteiger partial charge in [-0.2, -0.15) is 4.98 Å². The molecule has 1 aromatic heterocycles. The number of aliphatic hydroxyl groups is 1. The smallest absolute Gasteiger partial charge is 0.224 e. The van der Waals surface area contributed by atoms with E-state index < -0.39 is 0 Å². The molecule has 3 N–H and O–H groups in total. The summed E-state index contributed by atoms with van der Waals surface area (Å²) in [6, 6.07) is 2.08. The molecule has 128 valence electrons. The van der Waals surface area contributed by atoms with Crippen molar-refractivity contribution in [1.82, 2.24) is 19.8 Å². The molecule has 0 bridgehead atoms. The summed E-state index contributed by atoms with van der Waals surface area (Å²) in [6.07, 6.45) is 2.44. The highest BCUT2D eigenvalue weighted by molar-refractivity contribution is 5.44. The van der Waals surface area contributed by atoms with Crippen molar-refractivity contribution < 1.29 is 5.11 Å². The Morgan fingerprint density at radius 3 is 2.61 bits per heavy atom. The van der Waals surface area contributed by atoms with E-state index in [1.54, 1.807) is 0 Å². The number of likely N-dealkylation sites (N-methyl/N-ethyl adjacent to an activating group) is 1. The van der Waals surface area contributed by atoms with Gasteiger partial charge >= 0.3 is 0 Å². The average molecular weight is 320 g/mol. The van der Waals surface area contributed by atoms with Gasteiger partial charge in [0.15, 0.2) is 0 Å². The second-order valence-electron chi connectivity index (χ2n) is 6.50. The molecule has 7 nitrogen and oxygen atoms in total. The molecular weight excluding hydrogens is 292 g/mol. The van der Waals surface area contributed by atoms with Crippen molar-refractivity contribution >= 4 is 11.8 Å². The van der Waals surface area contributed by atoms with Gasteiger partial charge in [0.2, 0.25) is 5.95 Å². The van der Waals surface area contributed by atoms with Gasteiger partial charge in [0.1, 0.15) is 5.82 Å². The lowest BCUT2D eigenvalue weighted by atomic mass is 10.3. The Kier molecular flexibility index (Phi) is 5.64. The maximum absolute atomic E-state index is 8.95. The molecule has 1 aliphatic heterocycles. The van der Waals surface area contributed by atoms with Crippen molar-refractivity contribution in [2.45, 2.75) is 18.8 Å². The van der Waals surface area contributed by atoms with Gasteiger partial charge in [-0.3, -0.25) is 4.90 Å². The molecule has 1 saturated carbocycles. The minimum absolute atomic E-state index is 0.0865. The zero-order chi connectivity index (χ0) is 16.1. The molecule has 1 saturated heterocycles. The lowest BCUT2D eigenvalue weighted by Crippen LogP contribution is -2.45. The van der Waals surface area contributed by atoms with Crippen LogP contribution >= 0.6 is 0 Å². The van der Waals surface area contributed by atoms with Crippen molar-refractivity contribution in [3.63, 3.8) is 0 Å². The molecule has 2 fully saturated rings. The molecule has 0 aromatic carbocycles. The summed E-state index contributed by atoms with van der Waals surface area (Å²) in [5.74, 6) is 2.09. The van der Waals surface area contributed by atoms with E-state index in [2.05, 4.69) is 43.5 Å². The largest absolute Gasteiger partial charge is 0.395 e. The standard InChI is InChI=1S/C16H28N6O/c1-21-7-9-22(10-8-21)6-4-17-15-12-14(13-2-3-13)19-16(20-15)18-5-11-23/h12-13,23H,2-11H2,1H3,(H2,17,18,19,20). The molecule has 0 spiro atoms. The summed E-state index contributed by atoms with van der Waals surface area (Å²) in [6.45, 7) is 7.07. The van der Waals surface area contributed by atoms with Crippen LogP contribution in [0.2, 0.25) is 0 Å². The van der Waals surface area contributed by atoms with Gasteiger partial charge in [-0.15, -0.1) is 0 Å². The fourth-order valence-electron chi connectivity index (χ4n) is 2.81. The first-order chi connectivity index (χ1) is 11.2. The van der Waals surface area contributed by atoms with Crippen molar-refractivity contribution in [3.8, 4) is 0 Å². The van der Waals surface area contributed by atoms with Crippen LogP contribution in [-0.4, -0.2) is 84.3 Å². The third-order valence-electron chi connectivity index (χ3n) is 4.47. The maximum Gasteiger partial charge on any atom is 0.224 e. The molecule has 7 heteroatoms.